The minimum Gasteiger partial charge on any atom is -0.443 e. The quantitative estimate of drug-likeness (QED) is 0.668. The van der Waals surface area contributed by atoms with Crippen LogP contribution in [0.15, 0.2) is 30.5 Å². The lowest BCUT2D eigenvalue weighted by Crippen LogP contribution is -2.39. The van der Waals surface area contributed by atoms with Gasteiger partial charge in [0.2, 0.25) is 0 Å². The van der Waals surface area contributed by atoms with Gasteiger partial charge in [-0.25, -0.2) is 4.79 Å². The van der Waals surface area contributed by atoms with E-state index in [0.29, 0.717) is 24.4 Å². The van der Waals surface area contributed by atoms with Crippen molar-refractivity contribution in [2.45, 2.75) is 59.1 Å². The van der Waals surface area contributed by atoms with E-state index in [1.807, 2.05) is 20.8 Å². The van der Waals surface area contributed by atoms with Crippen molar-refractivity contribution in [1.29, 1.82) is 0 Å². The second-order valence-electron chi connectivity index (χ2n) is 10.6. The van der Waals surface area contributed by atoms with E-state index in [2.05, 4.69) is 60.9 Å². The Morgan fingerprint density at radius 2 is 1.90 bits per heavy atom. The summed E-state index contributed by atoms with van der Waals surface area (Å²) in [4.78, 5) is 17.1. The van der Waals surface area contributed by atoms with Crippen molar-refractivity contribution in [2.75, 3.05) is 26.7 Å². The van der Waals surface area contributed by atoms with Crippen LogP contribution in [-0.4, -0.2) is 58.0 Å². The fourth-order valence-corrected chi connectivity index (χ4v) is 4.82. The molecule has 1 amide bonds. The van der Waals surface area contributed by atoms with E-state index in [1.54, 1.807) is 4.90 Å². The zero-order valence-corrected chi connectivity index (χ0v) is 19.8. The maximum Gasteiger partial charge on any atom is 0.414 e. The molecule has 3 atom stereocenters. The van der Waals surface area contributed by atoms with Gasteiger partial charge in [-0.2, -0.15) is 5.10 Å². The van der Waals surface area contributed by atoms with Crippen LogP contribution in [0.25, 0.3) is 16.6 Å². The molecule has 1 aromatic carbocycles. The van der Waals surface area contributed by atoms with Crippen LogP contribution >= 0.6 is 0 Å². The largest absolute Gasteiger partial charge is 0.443 e. The molecule has 2 aromatic rings. The third-order valence-corrected chi connectivity index (χ3v) is 6.13. The molecule has 2 aliphatic heterocycles. The first-order valence-corrected chi connectivity index (χ1v) is 11.5. The van der Waals surface area contributed by atoms with Crippen molar-refractivity contribution in [2.24, 2.45) is 11.8 Å². The third-order valence-electron chi connectivity index (χ3n) is 6.13. The maximum atomic E-state index is 12.9. The molecule has 2 aliphatic rings. The molecule has 168 valence electrons. The maximum absolute atomic E-state index is 12.9. The molecule has 0 bridgehead atoms. The van der Waals surface area contributed by atoms with Crippen LogP contribution in [0, 0.1) is 11.8 Å². The highest BCUT2D eigenvalue weighted by atomic mass is 16.6. The second-order valence-corrected chi connectivity index (χ2v) is 10.6. The number of hydrogen-bond acceptors (Lipinski definition) is 4. The molecule has 0 aliphatic carbocycles. The number of aromatic nitrogens is 2. The fourth-order valence-electron chi connectivity index (χ4n) is 4.82. The summed E-state index contributed by atoms with van der Waals surface area (Å²) < 4.78 is 7.83. The standard InChI is InChI=1S/C25H36N4O2/c1-17-7-10-23(28(14-17)24(30)31-25(3,4)5)19-8-9-20-15-29(26-22(20)12-19)21-11-18(2)13-27(6)16-21/h8-10,12,15,17-18,21H,7,11,13-14,16H2,1-6H3/t17-,18+,21?/m0/s1. The lowest BCUT2D eigenvalue weighted by Gasteiger charge is -2.34. The number of amides is 1. The van der Waals surface area contributed by atoms with Crippen LogP contribution in [0.4, 0.5) is 4.79 Å². The summed E-state index contributed by atoms with van der Waals surface area (Å²) in [6.45, 7) is 13.0. The molecule has 0 radical (unpaired) electrons. The van der Waals surface area contributed by atoms with E-state index in [-0.39, 0.29) is 6.09 Å². The summed E-state index contributed by atoms with van der Waals surface area (Å²) in [5, 5.41) is 6.07. The van der Waals surface area contributed by atoms with Crippen LogP contribution in [-0.2, 0) is 4.74 Å². The Balaban J connectivity index is 1.63. The fraction of sp³-hybridized carbons (Fsp3) is 0.600. The Hall–Kier alpha value is -2.34. The number of likely N-dealkylation sites (tertiary alicyclic amines) is 1. The van der Waals surface area contributed by atoms with Gasteiger partial charge in [-0.3, -0.25) is 9.58 Å². The minimum absolute atomic E-state index is 0.282. The summed E-state index contributed by atoms with van der Waals surface area (Å²) in [7, 11) is 2.19. The number of allylic oxidation sites excluding steroid dienone is 1. The summed E-state index contributed by atoms with van der Waals surface area (Å²) in [6, 6.07) is 6.73. The molecule has 1 aromatic heterocycles. The van der Waals surface area contributed by atoms with Crippen molar-refractivity contribution >= 4 is 22.7 Å². The van der Waals surface area contributed by atoms with Gasteiger partial charge < -0.3 is 9.64 Å². The van der Waals surface area contributed by atoms with E-state index >= 15 is 0 Å². The van der Waals surface area contributed by atoms with Crippen LogP contribution in [0.1, 0.15) is 59.1 Å². The molecule has 3 heterocycles. The first-order valence-electron chi connectivity index (χ1n) is 11.5. The number of ether oxygens (including phenoxy) is 1. The predicted molar refractivity (Wildman–Crippen MR) is 125 cm³/mol. The smallest absolute Gasteiger partial charge is 0.414 e. The SMILES string of the molecule is C[C@@H]1CC(n2cc3ccc(C4=CC[C@H](C)CN4C(=O)OC(C)(C)C)cc3n2)CN(C)C1. The number of nitrogens with zero attached hydrogens (tertiary/aromatic N) is 4. The van der Waals surface area contributed by atoms with Crippen LogP contribution in [0.5, 0.6) is 0 Å². The summed E-state index contributed by atoms with van der Waals surface area (Å²) in [5.41, 5.74) is 2.40. The average molecular weight is 425 g/mol. The van der Waals surface area contributed by atoms with Crippen molar-refractivity contribution in [3.8, 4) is 0 Å². The molecular formula is C25H36N4O2. The van der Waals surface area contributed by atoms with Crippen LogP contribution < -0.4 is 0 Å². The summed E-state index contributed by atoms with van der Waals surface area (Å²) >= 11 is 0. The lowest BCUT2D eigenvalue weighted by atomic mass is 9.96. The number of rotatable bonds is 2. The number of likely N-dealkylation sites (N-methyl/N-ethyl adjacent to an activating group) is 1. The predicted octanol–water partition coefficient (Wildman–Crippen LogP) is 5.17. The zero-order valence-electron chi connectivity index (χ0n) is 19.8. The molecular weight excluding hydrogens is 388 g/mol. The zero-order chi connectivity index (χ0) is 22.3. The Morgan fingerprint density at radius 3 is 2.61 bits per heavy atom. The number of hydrogen-bond donors (Lipinski definition) is 0. The number of benzene rings is 1. The highest BCUT2D eigenvalue weighted by Crippen LogP contribution is 2.32. The van der Waals surface area contributed by atoms with E-state index in [0.717, 1.165) is 48.1 Å². The minimum atomic E-state index is -0.518. The number of carbonyl (C=O) groups is 1. The van der Waals surface area contributed by atoms with Gasteiger partial charge in [0.25, 0.3) is 0 Å². The monoisotopic (exact) mass is 424 g/mol. The molecule has 31 heavy (non-hydrogen) atoms. The number of carbonyl (C=O) groups excluding carboxylic acids is 1. The molecule has 1 saturated heterocycles. The average Bonchev–Trinajstić information content (AvgIpc) is 3.09. The van der Waals surface area contributed by atoms with Crippen LogP contribution in [0.2, 0.25) is 0 Å². The Morgan fingerprint density at radius 1 is 1.13 bits per heavy atom. The van der Waals surface area contributed by atoms with Gasteiger partial charge in [0.05, 0.1) is 17.3 Å². The van der Waals surface area contributed by atoms with Gasteiger partial charge in [-0.1, -0.05) is 32.1 Å². The van der Waals surface area contributed by atoms with Gasteiger partial charge in [0.15, 0.2) is 0 Å². The van der Waals surface area contributed by atoms with Gasteiger partial charge in [0.1, 0.15) is 5.60 Å². The Labute approximate surface area is 185 Å². The lowest BCUT2D eigenvalue weighted by molar-refractivity contribution is 0.0327. The van der Waals surface area contributed by atoms with Crippen molar-refractivity contribution in [1.82, 2.24) is 19.6 Å². The molecule has 4 rings (SSSR count). The summed E-state index contributed by atoms with van der Waals surface area (Å²) in [5.74, 6) is 1.08. The van der Waals surface area contributed by atoms with Crippen LogP contribution in [0.3, 0.4) is 0 Å². The van der Waals surface area contributed by atoms with Gasteiger partial charge in [-0.15, -0.1) is 0 Å². The Kier molecular flexibility index (Phi) is 5.86. The topological polar surface area (TPSA) is 50.6 Å². The second kappa shape index (κ2) is 8.30. The third kappa shape index (κ3) is 4.95. The highest BCUT2D eigenvalue weighted by Gasteiger charge is 2.30. The van der Waals surface area contributed by atoms with E-state index in [1.165, 1.54) is 0 Å². The van der Waals surface area contributed by atoms with E-state index in [9.17, 15) is 4.79 Å². The van der Waals surface area contributed by atoms with Crippen molar-refractivity contribution in [3.05, 3.63) is 36.0 Å². The van der Waals surface area contributed by atoms with Gasteiger partial charge in [-0.05, 0) is 58.6 Å². The Bertz CT molecular complexity index is 977. The number of piperidine rings is 1. The van der Waals surface area contributed by atoms with E-state index in [4.69, 9.17) is 9.84 Å². The molecule has 0 N–H and O–H groups in total. The van der Waals surface area contributed by atoms with Crippen molar-refractivity contribution in [3.63, 3.8) is 0 Å². The van der Waals surface area contributed by atoms with Crippen molar-refractivity contribution < 1.29 is 9.53 Å². The summed E-state index contributed by atoms with van der Waals surface area (Å²) in [6.07, 6.45) is 6.15. The molecule has 1 unspecified atom stereocenters. The molecule has 0 spiro atoms. The molecule has 6 heteroatoms. The first-order chi connectivity index (χ1) is 14.6. The van der Waals surface area contributed by atoms with Gasteiger partial charge in [0, 0.05) is 36.8 Å². The molecule has 1 fully saturated rings. The highest BCUT2D eigenvalue weighted by molar-refractivity contribution is 5.87. The normalized spacial score (nSPS) is 25.5. The molecule has 6 nitrogen and oxygen atoms in total. The molecule has 0 saturated carbocycles. The van der Waals surface area contributed by atoms with Gasteiger partial charge >= 0.3 is 6.09 Å². The number of fused-ring (bicyclic) bond motifs is 1. The van der Waals surface area contributed by atoms with E-state index < -0.39 is 5.60 Å². The first kappa shape index (κ1) is 21.9.